The molecule has 4 aromatic carbocycles. The summed E-state index contributed by atoms with van der Waals surface area (Å²) in [5, 5.41) is 8.03. The average Bonchev–Trinajstić information content (AvgIpc) is 2.82. The zero-order chi connectivity index (χ0) is 22.2. The molecule has 0 radical (unpaired) electrons. The normalized spacial score (nSPS) is 11.9. The molecule has 0 heterocycles. The molecule has 0 aliphatic heterocycles. The number of nitrogens with one attached hydrogen (secondary N) is 2. The van der Waals surface area contributed by atoms with Gasteiger partial charge in [0.15, 0.2) is 0 Å². The number of unbranched alkanes of at least 4 members (excludes halogenated alkanes) is 3. The number of benzene rings is 4. The maximum absolute atomic E-state index is 12.5. The molecule has 0 aliphatic carbocycles. The van der Waals surface area contributed by atoms with Crippen molar-refractivity contribution in [3.63, 3.8) is 0 Å². The second-order valence-corrected chi connectivity index (χ2v) is 9.95. The molecule has 4 rings (SSSR count). The Hall–Kier alpha value is -2.73. The lowest BCUT2D eigenvalue weighted by molar-refractivity contribution is 0.564. The molecule has 2 N–H and O–H groups in total. The van der Waals surface area contributed by atoms with Crippen LogP contribution in [0.1, 0.15) is 31.2 Å². The molecule has 0 amide bonds. The van der Waals surface area contributed by atoms with Gasteiger partial charge in [-0.25, -0.2) is 13.1 Å². The molecule has 5 heteroatoms. The molecule has 32 heavy (non-hydrogen) atoms. The van der Waals surface area contributed by atoms with Gasteiger partial charge in [-0.3, -0.25) is 0 Å². The van der Waals surface area contributed by atoms with E-state index in [1.54, 1.807) is 12.1 Å². The van der Waals surface area contributed by atoms with Gasteiger partial charge >= 0.3 is 0 Å². The summed E-state index contributed by atoms with van der Waals surface area (Å²) in [6.45, 7) is 2.31. The molecule has 4 nitrogen and oxygen atoms in total. The van der Waals surface area contributed by atoms with E-state index in [0.29, 0.717) is 11.4 Å². The van der Waals surface area contributed by atoms with Gasteiger partial charge in [-0.15, -0.1) is 0 Å². The van der Waals surface area contributed by atoms with Crippen LogP contribution >= 0.6 is 0 Å². The first-order valence-corrected chi connectivity index (χ1v) is 12.8. The highest BCUT2D eigenvalue weighted by molar-refractivity contribution is 7.89. The maximum atomic E-state index is 12.5. The second-order valence-electron chi connectivity index (χ2n) is 8.18. The zero-order valence-corrected chi connectivity index (χ0v) is 19.1. The van der Waals surface area contributed by atoms with Crippen LogP contribution < -0.4 is 10.0 Å². The van der Waals surface area contributed by atoms with E-state index in [1.807, 2.05) is 30.3 Å². The second kappa shape index (κ2) is 10.7. The summed E-state index contributed by atoms with van der Waals surface area (Å²) in [7, 11) is -3.46. The Morgan fingerprint density at radius 2 is 1.19 bits per heavy atom. The van der Waals surface area contributed by atoms with E-state index < -0.39 is 10.0 Å². The summed E-state index contributed by atoms with van der Waals surface area (Å²) in [5.74, 6) is 0. The van der Waals surface area contributed by atoms with Crippen LogP contribution in [0.3, 0.4) is 0 Å². The summed E-state index contributed by atoms with van der Waals surface area (Å²) < 4.78 is 27.8. The minimum atomic E-state index is -3.46. The van der Waals surface area contributed by atoms with Crippen molar-refractivity contribution in [3.05, 3.63) is 90.5 Å². The number of hydrogen-bond donors (Lipinski definition) is 2. The molecule has 0 saturated carbocycles. The van der Waals surface area contributed by atoms with Crippen molar-refractivity contribution in [1.29, 1.82) is 0 Å². The number of rotatable bonds is 11. The summed E-state index contributed by atoms with van der Waals surface area (Å²) in [6.07, 6.45) is 4.03. The Bertz CT molecular complexity index is 1290. The fraction of sp³-hybridized carbons (Fsp3) is 0.259. The Kier molecular flexibility index (Phi) is 7.53. The third kappa shape index (κ3) is 5.94. The zero-order valence-electron chi connectivity index (χ0n) is 18.3. The first-order chi connectivity index (χ1) is 15.6. The Balaban J connectivity index is 1.12. The highest BCUT2D eigenvalue weighted by atomic mass is 32.2. The smallest absolute Gasteiger partial charge is 0.240 e. The van der Waals surface area contributed by atoms with Gasteiger partial charge in [0.2, 0.25) is 10.0 Å². The summed E-state index contributed by atoms with van der Waals surface area (Å²) in [4.78, 5) is 0.328. The summed E-state index contributed by atoms with van der Waals surface area (Å²) >= 11 is 0. The standard InChI is InChI=1S/C27H30N2O2S/c30-32(31,27-16-15-24-10-4-6-12-26(24)20-27)29-18-8-2-1-7-17-28-21-22-13-14-23-9-3-5-11-25(23)19-22/h3-6,9-16,19-20,28-29H,1-2,7-8,17-18,21H2. The Morgan fingerprint density at radius 3 is 1.91 bits per heavy atom. The predicted molar refractivity (Wildman–Crippen MR) is 133 cm³/mol. The predicted octanol–water partition coefficient (Wildman–Crippen LogP) is 5.62. The van der Waals surface area contributed by atoms with E-state index in [4.69, 9.17) is 0 Å². The molecule has 0 bridgehead atoms. The van der Waals surface area contributed by atoms with Gasteiger partial charge in [0, 0.05) is 13.1 Å². The Labute approximate surface area is 190 Å². The molecule has 4 aromatic rings. The molecule has 166 valence electrons. The van der Waals surface area contributed by atoms with Gasteiger partial charge in [0.25, 0.3) is 0 Å². The largest absolute Gasteiger partial charge is 0.313 e. The molecular weight excluding hydrogens is 416 g/mol. The van der Waals surface area contributed by atoms with Crippen LogP contribution in [0.5, 0.6) is 0 Å². The maximum Gasteiger partial charge on any atom is 0.240 e. The molecule has 0 fully saturated rings. The van der Waals surface area contributed by atoms with E-state index in [0.717, 1.165) is 49.5 Å². The van der Waals surface area contributed by atoms with Gasteiger partial charge in [0.05, 0.1) is 4.90 Å². The average molecular weight is 447 g/mol. The molecule has 0 spiro atoms. The molecule has 0 saturated heterocycles. The first-order valence-electron chi connectivity index (χ1n) is 11.3. The van der Waals surface area contributed by atoms with E-state index in [9.17, 15) is 8.42 Å². The quantitative estimate of drug-likeness (QED) is 0.294. The SMILES string of the molecule is O=S(=O)(NCCCCCCNCc1ccc2ccccc2c1)c1ccc2ccccc2c1. The lowest BCUT2D eigenvalue weighted by Gasteiger charge is -2.08. The van der Waals surface area contributed by atoms with Crippen molar-refractivity contribution in [2.24, 2.45) is 0 Å². The lowest BCUT2D eigenvalue weighted by atomic mass is 10.1. The fourth-order valence-electron chi connectivity index (χ4n) is 3.93. The van der Waals surface area contributed by atoms with E-state index in [-0.39, 0.29) is 0 Å². The third-order valence-corrected chi connectivity index (χ3v) is 7.21. The van der Waals surface area contributed by atoms with Gasteiger partial charge < -0.3 is 5.32 Å². The third-order valence-electron chi connectivity index (χ3n) is 5.75. The van der Waals surface area contributed by atoms with Crippen LogP contribution in [-0.2, 0) is 16.6 Å². The van der Waals surface area contributed by atoms with Crippen LogP contribution in [0.15, 0.2) is 89.8 Å². The summed E-state index contributed by atoms with van der Waals surface area (Å²) in [6, 6.07) is 28.1. The van der Waals surface area contributed by atoms with Crippen LogP contribution in [-0.4, -0.2) is 21.5 Å². The fourth-order valence-corrected chi connectivity index (χ4v) is 5.04. The number of sulfonamides is 1. The van der Waals surface area contributed by atoms with E-state index >= 15 is 0 Å². The number of fused-ring (bicyclic) bond motifs is 2. The first kappa shape index (κ1) is 22.5. The minimum Gasteiger partial charge on any atom is -0.313 e. The number of hydrogen-bond acceptors (Lipinski definition) is 3. The highest BCUT2D eigenvalue weighted by Crippen LogP contribution is 2.19. The topological polar surface area (TPSA) is 58.2 Å². The van der Waals surface area contributed by atoms with Crippen molar-refractivity contribution in [3.8, 4) is 0 Å². The van der Waals surface area contributed by atoms with Crippen LogP contribution in [0.4, 0.5) is 0 Å². The molecule has 0 unspecified atom stereocenters. The molecule has 0 aromatic heterocycles. The molecular formula is C27H30N2O2S. The van der Waals surface area contributed by atoms with Crippen LogP contribution in [0, 0.1) is 0 Å². The Morgan fingerprint density at radius 1 is 0.594 bits per heavy atom. The van der Waals surface area contributed by atoms with Crippen LogP contribution in [0.25, 0.3) is 21.5 Å². The monoisotopic (exact) mass is 446 g/mol. The summed E-state index contributed by atoms with van der Waals surface area (Å²) in [5.41, 5.74) is 1.30. The molecule has 0 aliphatic rings. The van der Waals surface area contributed by atoms with Crippen molar-refractivity contribution in [2.45, 2.75) is 37.1 Å². The van der Waals surface area contributed by atoms with Crippen molar-refractivity contribution >= 4 is 31.6 Å². The van der Waals surface area contributed by atoms with Crippen molar-refractivity contribution < 1.29 is 8.42 Å². The lowest BCUT2D eigenvalue weighted by Crippen LogP contribution is -2.24. The van der Waals surface area contributed by atoms with Crippen LogP contribution in [0.2, 0.25) is 0 Å². The van der Waals surface area contributed by atoms with Gasteiger partial charge in [-0.2, -0.15) is 0 Å². The molecule has 0 atom stereocenters. The minimum absolute atomic E-state index is 0.328. The van der Waals surface area contributed by atoms with Gasteiger partial charge in [0.1, 0.15) is 0 Å². The highest BCUT2D eigenvalue weighted by Gasteiger charge is 2.13. The van der Waals surface area contributed by atoms with Gasteiger partial charge in [-0.1, -0.05) is 79.6 Å². The van der Waals surface area contributed by atoms with E-state index in [2.05, 4.69) is 52.5 Å². The van der Waals surface area contributed by atoms with Gasteiger partial charge in [-0.05, 0) is 64.7 Å². The van der Waals surface area contributed by atoms with Crippen molar-refractivity contribution in [1.82, 2.24) is 10.0 Å². The van der Waals surface area contributed by atoms with E-state index in [1.165, 1.54) is 16.3 Å². The van der Waals surface area contributed by atoms with Crippen molar-refractivity contribution in [2.75, 3.05) is 13.1 Å².